The van der Waals surface area contributed by atoms with Crippen LogP contribution in [0, 0.1) is 5.41 Å². The summed E-state index contributed by atoms with van der Waals surface area (Å²) >= 11 is 0. The van der Waals surface area contributed by atoms with E-state index in [2.05, 4.69) is 5.32 Å². The summed E-state index contributed by atoms with van der Waals surface area (Å²) in [5.74, 6) is -2.03. The maximum atomic E-state index is 11.4. The minimum Gasteiger partial charge on any atom is -0.480 e. The second kappa shape index (κ2) is 7.94. The Hall–Kier alpha value is -1.88. The van der Waals surface area contributed by atoms with E-state index in [9.17, 15) is 19.8 Å². The highest BCUT2D eigenvalue weighted by molar-refractivity contribution is 5.77. The Balaban J connectivity index is 2.69. The number of carbonyl (C=O) groups is 2. The summed E-state index contributed by atoms with van der Waals surface area (Å²) in [5.41, 5.74) is 0.844. The molecule has 1 aromatic carbocycles. The smallest absolute Gasteiger partial charge is 0.320 e. The van der Waals surface area contributed by atoms with Gasteiger partial charge in [-0.25, -0.2) is 0 Å². The van der Waals surface area contributed by atoms with Crippen molar-refractivity contribution in [3.05, 3.63) is 35.9 Å². The summed E-state index contributed by atoms with van der Waals surface area (Å²) in [6, 6.07) is 7.84. The molecule has 0 aliphatic carbocycles. The van der Waals surface area contributed by atoms with Gasteiger partial charge in [-0.05, 0) is 30.2 Å². The molecule has 122 valence electrons. The standard InChI is InChI=1S/C17H25NO4/c1-17(2,3)11-14(16(21)22)18-13(15(19)20)10-9-12-7-5-4-6-8-12/h4-8,13-14,18H,9-11H2,1-3H3,(H,19,20)(H,21,22)/t13-,14-/m0/s1. The largest absolute Gasteiger partial charge is 0.480 e. The predicted octanol–water partition coefficient (Wildman–Crippen LogP) is 2.55. The molecule has 22 heavy (non-hydrogen) atoms. The summed E-state index contributed by atoms with van der Waals surface area (Å²) in [4.78, 5) is 22.7. The lowest BCUT2D eigenvalue weighted by atomic mass is 9.87. The molecule has 0 aliphatic heterocycles. The molecule has 0 heterocycles. The van der Waals surface area contributed by atoms with Gasteiger partial charge in [0.05, 0.1) is 0 Å². The van der Waals surface area contributed by atoms with E-state index in [1.165, 1.54) is 0 Å². The summed E-state index contributed by atoms with van der Waals surface area (Å²) in [5, 5.41) is 21.4. The highest BCUT2D eigenvalue weighted by Gasteiger charge is 2.29. The van der Waals surface area contributed by atoms with E-state index in [4.69, 9.17) is 0 Å². The molecule has 0 aliphatic rings. The fourth-order valence-corrected chi connectivity index (χ4v) is 2.31. The fourth-order valence-electron chi connectivity index (χ4n) is 2.31. The van der Waals surface area contributed by atoms with Gasteiger partial charge in [0, 0.05) is 0 Å². The number of carboxylic acid groups (broad SMARTS) is 2. The SMILES string of the molecule is CC(C)(C)C[C@H](N[C@@H](CCc1ccccc1)C(=O)O)C(=O)O. The van der Waals surface area contributed by atoms with E-state index in [0.29, 0.717) is 19.3 Å². The second-order valence-corrected chi connectivity index (χ2v) is 6.74. The highest BCUT2D eigenvalue weighted by atomic mass is 16.4. The normalized spacial score (nSPS) is 14.3. The van der Waals surface area contributed by atoms with Gasteiger partial charge >= 0.3 is 11.9 Å². The molecule has 0 unspecified atom stereocenters. The zero-order valence-corrected chi connectivity index (χ0v) is 13.4. The van der Waals surface area contributed by atoms with Gasteiger partial charge in [0.15, 0.2) is 0 Å². The maximum Gasteiger partial charge on any atom is 0.320 e. The zero-order valence-electron chi connectivity index (χ0n) is 13.4. The number of rotatable bonds is 8. The lowest BCUT2D eigenvalue weighted by Gasteiger charge is -2.26. The molecule has 2 atom stereocenters. The van der Waals surface area contributed by atoms with Crippen LogP contribution in [0.2, 0.25) is 0 Å². The van der Waals surface area contributed by atoms with Crippen molar-refractivity contribution in [3.63, 3.8) is 0 Å². The second-order valence-electron chi connectivity index (χ2n) is 6.74. The topological polar surface area (TPSA) is 86.6 Å². The average molecular weight is 307 g/mol. The molecule has 0 aromatic heterocycles. The molecule has 0 saturated carbocycles. The molecule has 0 saturated heterocycles. The number of aryl methyl sites for hydroxylation is 1. The van der Waals surface area contributed by atoms with E-state index in [0.717, 1.165) is 5.56 Å². The highest BCUT2D eigenvalue weighted by Crippen LogP contribution is 2.21. The number of hydrogen-bond acceptors (Lipinski definition) is 3. The van der Waals surface area contributed by atoms with Crippen molar-refractivity contribution < 1.29 is 19.8 Å². The Kier molecular flexibility index (Phi) is 6.56. The van der Waals surface area contributed by atoms with Gasteiger partial charge in [-0.2, -0.15) is 0 Å². The quantitative estimate of drug-likeness (QED) is 0.687. The zero-order chi connectivity index (χ0) is 16.8. The third-order valence-corrected chi connectivity index (χ3v) is 3.38. The van der Waals surface area contributed by atoms with Crippen molar-refractivity contribution in [2.45, 2.75) is 52.1 Å². The van der Waals surface area contributed by atoms with E-state index in [1.807, 2.05) is 51.1 Å². The van der Waals surface area contributed by atoms with Crippen molar-refractivity contribution in [2.24, 2.45) is 5.41 Å². The molecule has 0 amide bonds. The summed E-state index contributed by atoms with van der Waals surface area (Å²) in [7, 11) is 0. The van der Waals surface area contributed by atoms with Crippen LogP contribution >= 0.6 is 0 Å². The molecular weight excluding hydrogens is 282 g/mol. The number of nitrogens with one attached hydrogen (secondary N) is 1. The first-order valence-corrected chi connectivity index (χ1v) is 7.44. The van der Waals surface area contributed by atoms with Gasteiger partial charge in [0.25, 0.3) is 0 Å². The van der Waals surface area contributed by atoms with Gasteiger partial charge in [-0.1, -0.05) is 51.1 Å². The van der Waals surface area contributed by atoms with Gasteiger partial charge in [0.1, 0.15) is 12.1 Å². The van der Waals surface area contributed by atoms with Gasteiger partial charge in [-0.15, -0.1) is 0 Å². The van der Waals surface area contributed by atoms with Crippen LogP contribution in [0.15, 0.2) is 30.3 Å². The molecule has 1 rings (SSSR count). The van der Waals surface area contributed by atoms with Crippen LogP contribution in [0.3, 0.4) is 0 Å². The van der Waals surface area contributed by atoms with Gasteiger partial charge < -0.3 is 10.2 Å². The van der Waals surface area contributed by atoms with Crippen molar-refractivity contribution in [1.29, 1.82) is 0 Å². The first-order chi connectivity index (χ1) is 10.2. The van der Waals surface area contributed by atoms with E-state index in [1.54, 1.807) is 0 Å². The Morgan fingerprint density at radius 2 is 1.59 bits per heavy atom. The molecule has 0 fully saturated rings. The molecule has 5 nitrogen and oxygen atoms in total. The Morgan fingerprint density at radius 3 is 2.05 bits per heavy atom. The number of hydrogen-bond donors (Lipinski definition) is 3. The van der Waals surface area contributed by atoms with Crippen molar-refractivity contribution in [1.82, 2.24) is 5.32 Å². The molecule has 0 bridgehead atoms. The van der Waals surface area contributed by atoms with Crippen LogP contribution in [0.1, 0.15) is 39.2 Å². The number of benzene rings is 1. The molecule has 3 N–H and O–H groups in total. The number of aliphatic carboxylic acids is 2. The molecule has 0 spiro atoms. The molecule has 5 heteroatoms. The average Bonchev–Trinajstić information content (AvgIpc) is 2.41. The van der Waals surface area contributed by atoms with Crippen LogP contribution in [0.5, 0.6) is 0 Å². The van der Waals surface area contributed by atoms with Gasteiger partial charge in [0.2, 0.25) is 0 Å². The summed E-state index contributed by atoms with van der Waals surface area (Å²) < 4.78 is 0. The molecular formula is C17H25NO4. The van der Waals surface area contributed by atoms with Crippen LogP contribution < -0.4 is 5.32 Å². The third kappa shape index (κ3) is 6.72. The van der Waals surface area contributed by atoms with Crippen LogP contribution in [-0.2, 0) is 16.0 Å². The van der Waals surface area contributed by atoms with Crippen molar-refractivity contribution >= 4 is 11.9 Å². The molecule has 0 radical (unpaired) electrons. The van der Waals surface area contributed by atoms with Crippen LogP contribution in [-0.4, -0.2) is 34.2 Å². The number of carboxylic acids is 2. The van der Waals surface area contributed by atoms with Crippen molar-refractivity contribution in [2.75, 3.05) is 0 Å². The minimum atomic E-state index is -1.02. The Labute approximate surface area is 131 Å². The van der Waals surface area contributed by atoms with E-state index >= 15 is 0 Å². The predicted molar refractivity (Wildman–Crippen MR) is 84.8 cm³/mol. The first kappa shape index (κ1) is 18.2. The summed E-state index contributed by atoms with van der Waals surface area (Å²) in [6.07, 6.45) is 1.32. The van der Waals surface area contributed by atoms with E-state index < -0.39 is 24.0 Å². The lowest BCUT2D eigenvalue weighted by Crippen LogP contribution is -2.48. The lowest BCUT2D eigenvalue weighted by molar-refractivity contribution is -0.143. The first-order valence-electron chi connectivity index (χ1n) is 7.44. The Bertz CT molecular complexity index is 493. The van der Waals surface area contributed by atoms with Gasteiger partial charge in [-0.3, -0.25) is 14.9 Å². The van der Waals surface area contributed by atoms with Crippen LogP contribution in [0.25, 0.3) is 0 Å². The minimum absolute atomic E-state index is 0.196. The molecule has 1 aromatic rings. The Morgan fingerprint density at radius 1 is 1.05 bits per heavy atom. The fraction of sp³-hybridized carbons (Fsp3) is 0.529. The third-order valence-electron chi connectivity index (χ3n) is 3.38. The van der Waals surface area contributed by atoms with E-state index in [-0.39, 0.29) is 5.41 Å². The summed E-state index contributed by atoms with van der Waals surface area (Å²) in [6.45, 7) is 5.80. The maximum absolute atomic E-state index is 11.4. The van der Waals surface area contributed by atoms with Crippen LogP contribution in [0.4, 0.5) is 0 Å². The monoisotopic (exact) mass is 307 g/mol. The van der Waals surface area contributed by atoms with Crippen molar-refractivity contribution in [3.8, 4) is 0 Å².